The van der Waals surface area contributed by atoms with E-state index in [9.17, 15) is 4.79 Å². The third-order valence-corrected chi connectivity index (χ3v) is 5.94. The van der Waals surface area contributed by atoms with E-state index in [1.54, 1.807) is 6.92 Å². The van der Waals surface area contributed by atoms with Crippen molar-refractivity contribution in [1.82, 2.24) is 0 Å². The van der Waals surface area contributed by atoms with Crippen LogP contribution in [0.15, 0.2) is 36.4 Å². The molecule has 2 heteroatoms. The fraction of sp³-hybridized carbons (Fsp3) is 0.476. The summed E-state index contributed by atoms with van der Waals surface area (Å²) < 4.78 is 0. The maximum Gasteiger partial charge on any atom is 0.224 e. The second kappa shape index (κ2) is 5.36. The van der Waals surface area contributed by atoms with Crippen LogP contribution in [0.25, 0.3) is 10.8 Å². The third kappa shape index (κ3) is 2.19. The van der Waals surface area contributed by atoms with Gasteiger partial charge in [0.25, 0.3) is 0 Å². The zero-order valence-electron chi connectivity index (χ0n) is 14.1. The van der Waals surface area contributed by atoms with Gasteiger partial charge in [0.2, 0.25) is 5.91 Å². The predicted octanol–water partition coefficient (Wildman–Crippen LogP) is 5.40. The van der Waals surface area contributed by atoms with Gasteiger partial charge in [-0.2, -0.15) is 0 Å². The van der Waals surface area contributed by atoms with E-state index >= 15 is 0 Å². The summed E-state index contributed by atoms with van der Waals surface area (Å²) in [6, 6.07) is 12.9. The SMILES string of the molecule is CC(=O)N1c2ccc3ccccc3c2[C@@H](C)CC12CCCCC2. The Morgan fingerprint density at radius 3 is 2.57 bits per heavy atom. The van der Waals surface area contributed by atoms with Crippen molar-refractivity contribution in [1.29, 1.82) is 0 Å². The van der Waals surface area contributed by atoms with Crippen molar-refractivity contribution < 1.29 is 4.79 Å². The van der Waals surface area contributed by atoms with Gasteiger partial charge >= 0.3 is 0 Å². The van der Waals surface area contributed by atoms with Crippen LogP contribution in [-0.2, 0) is 4.79 Å². The maximum atomic E-state index is 12.6. The third-order valence-electron chi connectivity index (χ3n) is 5.94. The first-order valence-electron chi connectivity index (χ1n) is 8.95. The lowest BCUT2D eigenvalue weighted by Crippen LogP contribution is -2.55. The van der Waals surface area contributed by atoms with Gasteiger partial charge in [-0.25, -0.2) is 0 Å². The van der Waals surface area contributed by atoms with Crippen LogP contribution in [0.4, 0.5) is 5.69 Å². The Kier molecular flexibility index (Phi) is 3.44. The van der Waals surface area contributed by atoms with Crippen LogP contribution in [0.3, 0.4) is 0 Å². The topological polar surface area (TPSA) is 20.3 Å². The Hall–Kier alpha value is -1.83. The molecule has 0 saturated heterocycles. The van der Waals surface area contributed by atoms with Gasteiger partial charge < -0.3 is 4.90 Å². The molecule has 1 spiro atoms. The average Bonchev–Trinajstić information content (AvgIpc) is 2.54. The summed E-state index contributed by atoms with van der Waals surface area (Å²) in [6.45, 7) is 4.09. The highest BCUT2D eigenvalue weighted by Gasteiger charge is 2.46. The molecule has 1 aliphatic carbocycles. The van der Waals surface area contributed by atoms with Crippen molar-refractivity contribution >= 4 is 22.4 Å². The number of benzene rings is 2. The molecule has 4 rings (SSSR count). The van der Waals surface area contributed by atoms with E-state index in [-0.39, 0.29) is 11.4 Å². The highest BCUT2D eigenvalue weighted by molar-refractivity contribution is 6.00. The number of anilines is 1. The minimum absolute atomic E-state index is 0.0545. The van der Waals surface area contributed by atoms with E-state index in [2.05, 4.69) is 48.2 Å². The number of carbonyl (C=O) groups is 1. The summed E-state index contributed by atoms with van der Waals surface area (Å²) in [5.41, 5.74) is 2.59. The zero-order chi connectivity index (χ0) is 16.0. The average molecular weight is 307 g/mol. The Balaban J connectivity index is 1.95. The minimum atomic E-state index is 0.0545. The first kappa shape index (κ1) is 14.7. The first-order valence-corrected chi connectivity index (χ1v) is 8.95. The van der Waals surface area contributed by atoms with Crippen LogP contribution >= 0.6 is 0 Å². The lowest BCUT2D eigenvalue weighted by atomic mass is 9.69. The molecule has 23 heavy (non-hydrogen) atoms. The molecule has 120 valence electrons. The normalized spacial score (nSPS) is 23.0. The van der Waals surface area contributed by atoms with E-state index in [0.29, 0.717) is 5.92 Å². The molecular formula is C21H25NO. The molecule has 0 radical (unpaired) electrons. The van der Waals surface area contributed by atoms with Crippen molar-refractivity contribution in [3.63, 3.8) is 0 Å². The standard InChI is InChI=1S/C21H25NO/c1-15-14-21(12-6-3-7-13-21)22(16(2)23)19-11-10-17-8-4-5-9-18(17)20(15)19/h4-5,8-11,15H,3,6-7,12-14H2,1-2H3/t15-/m0/s1. The van der Waals surface area contributed by atoms with Crippen molar-refractivity contribution in [2.75, 3.05) is 4.90 Å². The van der Waals surface area contributed by atoms with Crippen LogP contribution in [0.2, 0.25) is 0 Å². The first-order chi connectivity index (χ1) is 11.1. The van der Waals surface area contributed by atoms with Gasteiger partial charge in [-0.3, -0.25) is 4.79 Å². The van der Waals surface area contributed by atoms with Crippen LogP contribution in [-0.4, -0.2) is 11.4 Å². The molecule has 0 aromatic heterocycles. The molecule has 1 saturated carbocycles. The molecule has 1 aliphatic heterocycles. The second-order valence-corrected chi connectivity index (χ2v) is 7.46. The highest BCUT2D eigenvalue weighted by Crippen LogP contribution is 2.51. The van der Waals surface area contributed by atoms with Gasteiger partial charge in [-0.05, 0) is 47.6 Å². The molecule has 1 atom stereocenters. The summed E-state index contributed by atoms with van der Waals surface area (Å²) in [5, 5.41) is 2.59. The van der Waals surface area contributed by atoms with Crippen molar-refractivity contribution in [3.8, 4) is 0 Å². The van der Waals surface area contributed by atoms with E-state index in [0.717, 1.165) is 24.9 Å². The molecule has 0 N–H and O–H groups in total. The summed E-state index contributed by atoms with van der Waals surface area (Å²) in [7, 11) is 0. The quantitative estimate of drug-likeness (QED) is 0.638. The molecule has 2 nitrogen and oxygen atoms in total. The Morgan fingerprint density at radius 1 is 1.09 bits per heavy atom. The summed E-state index contributed by atoms with van der Waals surface area (Å²) >= 11 is 0. The van der Waals surface area contributed by atoms with Crippen LogP contribution in [0, 0.1) is 0 Å². The molecule has 1 heterocycles. The van der Waals surface area contributed by atoms with Gasteiger partial charge in [-0.15, -0.1) is 0 Å². The molecule has 2 aromatic rings. The van der Waals surface area contributed by atoms with Gasteiger partial charge in [0.15, 0.2) is 0 Å². The number of rotatable bonds is 0. The molecule has 0 bridgehead atoms. The van der Waals surface area contributed by atoms with Gasteiger partial charge in [0.05, 0.1) is 0 Å². The van der Waals surface area contributed by atoms with Crippen LogP contribution in [0.1, 0.15) is 63.9 Å². The molecule has 1 amide bonds. The largest absolute Gasteiger partial charge is 0.306 e. The maximum absolute atomic E-state index is 12.6. The van der Waals surface area contributed by atoms with E-state index in [1.807, 2.05) is 0 Å². The van der Waals surface area contributed by atoms with E-state index < -0.39 is 0 Å². The van der Waals surface area contributed by atoms with Crippen LogP contribution < -0.4 is 4.90 Å². The number of hydrogen-bond donors (Lipinski definition) is 0. The molecule has 2 aromatic carbocycles. The molecular weight excluding hydrogens is 282 g/mol. The van der Waals surface area contributed by atoms with E-state index in [1.165, 1.54) is 35.6 Å². The Bertz CT molecular complexity index is 758. The fourth-order valence-electron chi connectivity index (χ4n) is 5.16. The molecule has 1 fully saturated rings. The number of hydrogen-bond acceptors (Lipinski definition) is 1. The van der Waals surface area contributed by atoms with Gasteiger partial charge in [-0.1, -0.05) is 56.5 Å². The van der Waals surface area contributed by atoms with Crippen molar-refractivity contribution in [3.05, 3.63) is 42.0 Å². The van der Waals surface area contributed by atoms with Gasteiger partial charge in [0.1, 0.15) is 0 Å². The number of nitrogens with zero attached hydrogens (tertiary/aromatic N) is 1. The lowest BCUT2D eigenvalue weighted by molar-refractivity contribution is -0.118. The number of amides is 1. The Labute approximate surface area is 138 Å². The summed E-state index contributed by atoms with van der Waals surface area (Å²) in [6.07, 6.45) is 7.23. The summed E-state index contributed by atoms with van der Waals surface area (Å²) in [4.78, 5) is 14.8. The summed E-state index contributed by atoms with van der Waals surface area (Å²) in [5.74, 6) is 0.708. The molecule has 2 aliphatic rings. The Morgan fingerprint density at radius 2 is 1.83 bits per heavy atom. The monoisotopic (exact) mass is 307 g/mol. The zero-order valence-corrected chi connectivity index (χ0v) is 14.1. The van der Waals surface area contributed by atoms with Gasteiger partial charge in [0, 0.05) is 18.2 Å². The highest BCUT2D eigenvalue weighted by atomic mass is 16.2. The number of carbonyl (C=O) groups excluding carboxylic acids is 1. The lowest BCUT2D eigenvalue weighted by Gasteiger charge is -2.52. The van der Waals surface area contributed by atoms with Crippen molar-refractivity contribution in [2.45, 2.75) is 63.8 Å². The minimum Gasteiger partial charge on any atom is -0.306 e. The number of fused-ring (bicyclic) bond motifs is 3. The van der Waals surface area contributed by atoms with Crippen LogP contribution in [0.5, 0.6) is 0 Å². The van der Waals surface area contributed by atoms with Crippen molar-refractivity contribution in [2.24, 2.45) is 0 Å². The predicted molar refractivity (Wildman–Crippen MR) is 96.0 cm³/mol. The smallest absolute Gasteiger partial charge is 0.224 e. The molecule has 0 unspecified atom stereocenters. The fourth-order valence-corrected chi connectivity index (χ4v) is 5.16. The second-order valence-electron chi connectivity index (χ2n) is 7.46. The van der Waals surface area contributed by atoms with E-state index in [4.69, 9.17) is 0 Å².